The van der Waals surface area contributed by atoms with E-state index in [1.165, 1.54) is 18.4 Å². The molecule has 0 aromatic heterocycles. The molecule has 0 saturated heterocycles. The molecule has 0 aliphatic carbocycles. The van der Waals surface area contributed by atoms with Crippen LogP contribution in [0, 0.1) is 0 Å². The fraction of sp³-hybridized carbons (Fsp3) is 0.222. The Morgan fingerprint density at radius 1 is 1.53 bits per heavy atom. The van der Waals surface area contributed by atoms with Crippen molar-refractivity contribution in [2.75, 3.05) is 6.26 Å². The predicted octanol–water partition coefficient (Wildman–Crippen LogP) is 3.70. The molecule has 0 bridgehead atoms. The number of halogens is 3. The van der Waals surface area contributed by atoms with E-state index in [4.69, 9.17) is 16.7 Å². The number of carboxylic acid groups (broad SMARTS) is 1. The lowest BCUT2D eigenvalue weighted by atomic mass is 10.1. The summed E-state index contributed by atoms with van der Waals surface area (Å²) in [5, 5.41) is 8.68. The first-order valence-electron chi connectivity index (χ1n) is 3.86. The van der Waals surface area contributed by atoms with Crippen molar-refractivity contribution >= 4 is 29.3 Å². The molecule has 0 spiro atoms. The molecule has 0 amide bonds. The zero-order valence-electron chi connectivity index (χ0n) is 7.63. The highest BCUT2D eigenvalue weighted by Gasteiger charge is 2.22. The molecule has 1 aromatic rings. The van der Waals surface area contributed by atoms with E-state index in [1.807, 2.05) is 0 Å². The van der Waals surface area contributed by atoms with Gasteiger partial charge < -0.3 is 5.11 Å². The summed E-state index contributed by atoms with van der Waals surface area (Å²) in [6, 6.07) is 2.40. The van der Waals surface area contributed by atoms with Gasteiger partial charge in [-0.1, -0.05) is 11.6 Å². The fourth-order valence-electron chi connectivity index (χ4n) is 1.17. The number of rotatable bonds is 3. The van der Waals surface area contributed by atoms with Crippen molar-refractivity contribution in [3.63, 3.8) is 0 Å². The average Bonchev–Trinajstić information content (AvgIpc) is 2.15. The van der Waals surface area contributed by atoms with E-state index in [2.05, 4.69) is 0 Å². The van der Waals surface area contributed by atoms with Crippen LogP contribution in [0.25, 0.3) is 0 Å². The van der Waals surface area contributed by atoms with Gasteiger partial charge in [0.15, 0.2) is 0 Å². The normalized spacial score (nSPS) is 10.7. The van der Waals surface area contributed by atoms with Gasteiger partial charge in [-0.2, -0.15) is 0 Å². The van der Waals surface area contributed by atoms with Crippen LogP contribution in [0.15, 0.2) is 17.0 Å². The lowest BCUT2D eigenvalue weighted by Crippen LogP contribution is -2.02. The van der Waals surface area contributed by atoms with Gasteiger partial charge in [0.05, 0.1) is 16.1 Å². The summed E-state index contributed by atoms with van der Waals surface area (Å²) in [5.74, 6) is -1.24. The monoisotopic (exact) mass is 252 g/mol. The Labute approximate surface area is 94.2 Å². The highest BCUT2D eigenvalue weighted by molar-refractivity contribution is 7.98. The number of carbonyl (C=O) groups is 1. The van der Waals surface area contributed by atoms with Crippen LogP contribution in [-0.4, -0.2) is 17.3 Å². The van der Waals surface area contributed by atoms with Crippen LogP contribution in [0.1, 0.15) is 22.3 Å². The molecular formula is C9H7ClF2O2S. The number of hydrogen-bond donors (Lipinski definition) is 1. The third kappa shape index (κ3) is 2.41. The zero-order valence-corrected chi connectivity index (χ0v) is 9.20. The number of carboxylic acids is 1. The summed E-state index contributed by atoms with van der Waals surface area (Å²) >= 11 is 6.54. The van der Waals surface area contributed by atoms with Crippen molar-refractivity contribution in [2.24, 2.45) is 0 Å². The lowest BCUT2D eigenvalue weighted by Gasteiger charge is -2.11. The SMILES string of the molecule is CSc1c(C(=O)O)ccc(Cl)c1C(F)F. The lowest BCUT2D eigenvalue weighted by molar-refractivity contribution is 0.0692. The van der Waals surface area contributed by atoms with Crippen molar-refractivity contribution in [3.05, 3.63) is 28.3 Å². The maximum Gasteiger partial charge on any atom is 0.336 e. The molecule has 0 fully saturated rings. The standard InChI is InChI=1S/C9H7ClF2O2S/c1-15-7-4(9(13)14)2-3-5(10)6(7)8(11)12/h2-3,8H,1H3,(H,13,14). The molecule has 15 heavy (non-hydrogen) atoms. The first-order chi connectivity index (χ1) is 6.99. The van der Waals surface area contributed by atoms with Crippen LogP contribution in [-0.2, 0) is 0 Å². The quantitative estimate of drug-likeness (QED) is 0.834. The zero-order chi connectivity index (χ0) is 11.6. The molecule has 2 nitrogen and oxygen atoms in total. The second kappa shape index (κ2) is 4.81. The van der Waals surface area contributed by atoms with Crippen LogP contribution in [0.3, 0.4) is 0 Å². The smallest absolute Gasteiger partial charge is 0.336 e. The van der Waals surface area contributed by atoms with Crippen LogP contribution in [0.5, 0.6) is 0 Å². The summed E-state index contributed by atoms with van der Waals surface area (Å²) in [6.45, 7) is 0. The van der Waals surface area contributed by atoms with E-state index in [0.29, 0.717) is 0 Å². The van der Waals surface area contributed by atoms with Gasteiger partial charge in [-0.15, -0.1) is 11.8 Å². The molecular weight excluding hydrogens is 246 g/mol. The van der Waals surface area contributed by atoms with Gasteiger partial charge in [0, 0.05) is 4.90 Å². The molecule has 0 aliphatic rings. The van der Waals surface area contributed by atoms with Crippen molar-refractivity contribution in [2.45, 2.75) is 11.3 Å². The Balaban J connectivity index is 3.47. The Kier molecular flexibility index (Phi) is 3.93. The van der Waals surface area contributed by atoms with E-state index >= 15 is 0 Å². The first-order valence-corrected chi connectivity index (χ1v) is 5.47. The maximum atomic E-state index is 12.6. The van der Waals surface area contributed by atoms with Crippen molar-refractivity contribution < 1.29 is 18.7 Å². The molecule has 0 radical (unpaired) electrons. The van der Waals surface area contributed by atoms with Gasteiger partial charge in [-0.05, 0) is 18.4 Å². The first kappa shape index (κ1) is 12.3. The molecule has 0 unspecified atom stereocenters. The van der Waals surface area contributed by atoms with Gasteiger partial charge in [0.25, 0.3) is 6.43 Å². The topological polar surface area (TPSA) is 37.3 Å². The van der Waals surface area contributed by atoms with Gasteiger partial charge >= 0.3 is 5.97 Å². The Hall–Kier alpha value is -0.810. The number of benzene rings is 1. The Morgan fingerprint density at radius 3 is 2.53 bits per heavy atom. The van der Waals surface area contributed by atoms with Gasteiger partial charge in [0.2, 0.25) is 0 Å². The largest absolute Gasteiger partial charge is 0.478 e. The third-order valence-corrected chi connectivity index (χ3v) is 2.97. The van der Waals surface area contributed by atoms with E-state index in [0.717, 1.165) is 11.8 Å². The van der Waals surface area contributed by atoms with Gasteiger partial charge in [-0.3, -0.25) is 0 Å². The van der Waals surface area contributed by atoms with E-state index in [1.54, 1.807) is 0 Å². The minimum absolute atomic E-state index is 0.0185. The number of alkyl halides is 2. The van der Waals surface area contributed by atoms with Gasteiger partial charge in [0.1, 0.15) is 0 Å². The average molecular weight is 253 g/mol. The Bertz CT molecular complexity index is 396. The predicted molar refractivity (Wildman–Crippen MR) is 55.1 cm³/mol. The van der Waals surface area contributed by atoms with E-state index < -0.39 is 18.0 Å². The van der Waals surface area contributed by atoms with Crippen molar-refractivity contribution in [1.82, 2.24) is 0 Å². The second-order valence-corrected chi connectivity index (χ2v) is 3.87. The van der Waals surface area contributed by atoms with E-state index in [-0.39, 0.29) is 15.5 Å². The molecule has 0 saturated carbocycles. The molecule has 0 heterocycles. The molecule has 82 valence electrons. The molecule has 6 heteroatoms. The summed E-state index contributed by atoms with van der Waals surface area (Å²) in [4.78, 5) is 10.8. The van der Waals surface area contributed by atoms with Crippen LogP contribution in [0.2, 0.25) is 5.02 Å². The van der Waals surface area contributed by atoms with Crippen molar-refractivity contribution in [3.8, 4) is 0 Å². The second-order valence-electron chi connectivity index (χ2n) is 2.65. The van der Waals surface area contributed by atoms with Crippen LogP contribution >= 0.6 is 23.4 Å². The molecule has 0 aliphatic heterocycles. The summed E-state index contributed by atoms with van der Waals surface area (Å²) in [7, 11) is 0. The van der Waals surface area contributed by atoms with E-state index in [9.17, 15) is 13.6 Å². The highest BCUT2D eigenvalue weighted by Crippen LogP contribution is 2.37. The fourth-order valence-corrected chi connectivity index (χ4v) is 2.26. The van der Waals surface area contributed by atoms with Crippen molar-refractivity contribution in [1.29, 1.82) is 0 Å². The number of thioether (sulfide) groups is 1. The minimum Gasteiger partial charge on any atom is -0.478 e. The third-order valence-electron chi connectivity index (χ3n) is 1.80. The maximum absolute atomic E-state index is 12.6. The van der Waals surface area contributed by atoms with Crippen LogP contribution in [0.4, 0.5) is 8.78 Å². The highest BCUT2D eigenvalue weighted by atomic mass is 35.5. The molecule has 1 N–H and O–H groups in total. The van der Waals surface area contributed by atoms with Crippen LogP contribution < -0.4 is 0 Å². The number of hydrogen-bond acceptors (Lipinski definition) is 2. The van der Waals surface area contributed by atoms with Gasteiger partial charge in [-0.25, -0.2) is 13.6 Å². The number of aromatic carboxylic acids is 1. The molecule has 1 rings (SSSR count). The Morgan fingerprint density at radius 2 is 2.13 bits per heavy atom. The summed E-state index contributed by atoms with van der Waals surface area (Å²) in [5.41, 5.74) is -0.564. The summed E-state index contributed by atoms with van der Waals surface area (Å²) in [6.07, 6.45) is -1.25. The molecule has 1 aromatic carbocycles. The molecule has 0 atom stereocenters. The summed E-state index contributed by atoms with van der Waals surface area (Å²) < 4.78 is 25.3. The minimum atomic E-state index is -2.78.